The van der Waals surface area contributed by atoms with Crippen LogP contribution in [0, 0.1) is 0 Å². The maximum atomic E-state index is 11.8. The first-order chi connectivity index (χ1) is 6.85. The van der Waals surface area contributed by atoms with Gasteiger partial charge in [-0.25, -0.2) is 0 Å². The number of carbonyl (C=O) groups is 1. The molecule has 0 aromatic carbocycles. The highest BCUT2D eigenvalue weighted by molar-refractivity contribution is 5.87. The lowest BCUT2D eigenvalue weighted by Crippen LogP contribution is -2.46. The summed E-state index contributed by atoms with van der Waals surface area (Å²) in [5.74, 6) is -0.274. The molecule has 2 atom stereocenters. The highest BCUT2D eigenvalue weighted by Gasteiger charge is 2.46. The van der Waals surface area contributed by atoms with Crippen molar-refractivity contribution in [2.75, 3.05) is 13.1 Å². The Morgan fingerprint density at radius 2 is 1.67 bits per heavy atom. The molecule has 1 rings (SSSR count). The van der Waals surface area contributed by atoms with Crippen molar-refractivity contribution in [1.82, 2.24) is 4.90 Å². The van der Waals surface area contributed by atoms with Crippen molar-refractivity contribution < 1.29 is 15.0 Å². The van der Waals surface area contributed by atoms with Crippen LogP contribution in [0.4, 0.5) is 0 Å². The standard InChI is InChI=1S/C9H17N3O3/c1-6(13)4-12(5-7(2)14)8(15)9(3)10-11-9/h6-7,13-14H,4-5H2,1-3H3. The highest BCUT2D eigenvalue weighted by atomic mass is 16.3. The Labute approximate surface area is 88.6 Å². The number of carbonyl (C=O) groups excluding carboxylic acids is 1. The quantitative estimate of drug-likeness (QED) is 0.663. The molecule has 0 radical (unpaired) electrons. The van der Waals surface area contributed by atoms with Gasteiger partial charge in [-0.15, -0.1) is 10.2 Å². The third-order valence-electron chi connectivity index (χ3n) is 2.06. The first-order valence-corrected chi connectivity index (χ1v) is 4.94. The lowest BCUT2D eigenvalue weighted by molar-refractivity contribution is -0.136. The summed E-state index contributed by atoms with van der Waals surface area (Å²) < 4.78 is 0. The normalized spacial score (nSPS) is 20.9. The van der Waals surface area contributed by atoms with Gasteiger partial charge in [-0.1, -0.05) is 0 Å². The van der Waals surface area contributed by atoms with Crippen LogP contribution in [0.3, 0.4) is 0 Å². The van der Waals surface area contributed by atoms with Gasteiger partial charge >= 0.3 is 0 Å². The molecule has 0 saturated heterocycles. The van der Waals surface area contributed by atoms with Crippen LogP contribution in [-0.2, 0) is 4.79 Å². The number of aliphatic hydroxyl groups excluding tert-OH is 2. The molecule has 6 heteroatoms. The van der Waals surface area contributed by atoms with Gasteiger partial charge in [0.15, 0.2) is 0 Å². The zero-order valence-corrected chi connectivity index (χ0v) is 9.21. The fourth-order valence-corrected chi connectivity index (χ4v) is 1.34. The van der Waals surface area contributed by atoms with Crippen molar-refractivity contribution in [2.45, 2.75) is 38.6 Å². The van der Waals surface area contributed by atoms with Gasteiger partial charge in [0.25, 0.3) is 11.6 Å². The molecule has 0 aromatic rings. The molecular formula is C9H17N3O3. The largest absolute Gasteiger partial charge is 0.392 e. The molecule has 0 aliphatic carbocycles. The molecule has 1 heterocycles. The Morgan fingerprint density at radius 1 is 1.27 bits per heavy atom. The van der Waals surface area contributed by atoms with Gasteiger partial charge in [-0.05, 0) is 20.8 Å². The number of hydrogen-bond donors (Lipinski definition) is 2. The van der Waals surface area contributed by atoms with E-state index in [4.69, 9.17) is 0 Å². The van der Waals surface area contributed by atoms with E-state index >= 15 is 0 Å². The van der Waals surface area contributed by atoms with E-state index in [1.54, 1.807) is 20.8 Å². The molecule has 0 fully saturated rings. The maximum Gasteiger partial charge on any atom is 0.276 e. The van der Waals surface area contributed by atoms with Crippen LogP contribution in [0.25, 0.3) is 0 Å². The summed E-state index contributed by atoms with van der Waals surface area (Å²) in [6.07, 6.45) is -1.26. The zero-order chi connectivity index (χ0) is 11.6. The molecule has 2 N–H and O–H groups in total. The Morgan fingerprint density at radius 3 is 1.93 bits per heavy atom. The minimum absolute atomic E-state index is 0.185. The maximum absolute atomic E-state index is 11.8. The first-order valence-electron chi connectivity index (χ1n) is 4.94. The van der Waals surface area contributed by atoms with E-state index in [0.717, 1.165) is 0 Å². The summed E-state index contributed by atoms with van der Waals surface area (Å²) >= 11 is 0. The molecule has 6 nitrogen and oxygen atoms in total. The van der Waals surface area contributed by atoms with E-state index in [-0.39, 0.29) is 19.0 Å². The summed E-state index contributed by atoms with van der Waals surface area (Å²) in [7, 11) is 0. The molecule has 0 saturated carbocycles. The Kier molecular flexibility index (Phi) is 3.41. The third-order valence-corrected chi connectivity index (χ3v) is 2.06. The summed E-state index contributed by atoms with van der Waals surface area (Å²) in [6, 6.07) is 0. The predicted octanol–water partition coefficient (Wildman–Crippen LogP) is -0.241. The molecule has 1 aliphatic rings. The van der Waals surface area contributed by atoms with Crippen molar-refractivity contribution in [1.29, 1.82) is 0 Å². The van der Waals surface area contributed by atoms with Gasteiger partial charge in [0.1, 0.15) is 0 Å². The smallest absolute Gasteiger partial charge is 0.276 e. The number of hydrogen-bond acceptors (Lipinski definition) is 5. The van der Waals surface area contributed by atoms with Gasteiger partial charge in [-0.2, -0.15) is 0 Å². The van der Waals surface area contributed by atoms with Gasteiger partial charge in [0.2, 0.25) is 0 Å². The zero-order valence-electron chi connectivity index (χ0n) is 9.21. The van der Waals surface area contributed by atoms with E-state index in [1.165, 1.54) is 4.90 Å². The average molecular weight is 215 g/mol. The van der Waals surface area contributed by atoms with E-state index < -0.39 is 17.9 Å². The summed E-state index contributed by atoms with van der Waals surface area (Å²) in [4.78, 5) is 13.2. The number of amides is 1. The van der Waals surface area contributed by atoms with Crippen LogP contribution in [0.15, 0.2) is 10.2 Å². The fraction of sp³-hybridized carbons (Fsp3) is 0.889. The SMILES string of the molecule is CC(O)CN(CC(C)O)C(=O)C1(C)N=N1. The topological polar surface area (TPSA) is 85.5 Å². The second-order valence-electron chi connectivity index (χ2n) is 4.13. The average Bonchev–Trinajstić information content (AvgIpc) is 2.81. The van der Waals surface area contributed by atoms with Crippen LogP contribution in [0.2, 0.25) is 0 Å². The molecule has 0 aromatic heterocycles. The highest BCUT2D eigenvalue weighted by Crippen LogP contribution is 2.29. The van der Waals surface area contributed by atoms with E-state index in [9.17, 15) is 15.0 Å². The van der Waals surface area contributed by atoms with E-state index in [1.807, 2.05) is 0 Å². The summed E-state index contributed by atoms with van der Waals surface area (Å²) in [6.45, 7) is 5.15. The monoisotopic (exact) mass is 215 g/mol. The Hall–Kier alpha value is -1.01. The van der Waals surface area contributed by atoms with Gasteiger partial charge in [-0.3, -0.25) is 4.79 Å². The number of aliphatic hydroxyl groups is 2. The molecule has 15 heavy (non-hydrogen) atoms. The molecule has 1 amide bonds. The van der Waals surface area contributed by atoms with Crippen molar-refractivity contribution in [3.8, 4) is 0 Å². The molecule has 2 unspecified atom stereocenters. The Balaban J connectivity index is 2.59. The van der Waals surface area contributed by atoms with Crippen LogP contribution in [0.5, 0.6) is 0 Å². The molecule has 86 valence electrons. The summed E-state index contributed by atoms with van der Waals surface area (Å²) in [5.41, 5.74) is -0.982. The van der Waals surface area contributed by atoms with E-state index in [0.29, 0.717) is 0 Å². The minimum Gasteiger partial charge on any atom is -0.392 e. The van der Waals surface area contributed by atoms with Crippen molar-refractivity contribution in [3.63, 3.8) is 0 Å². The molecule has 1 aliphatic heterocycles. The lowest BCUT2D eigenvalue weighted by atomic mass is 10.2. The van der Waals surface area contributed by atoms with Crippen LogP contribution < -0.4 is 0 Å². The Bertz CT molecular complexity index is 260. The second-order valence-corrected chi connectivity index (χ2v) is 4.13. The van der Waals surface area contributed by atoms with Gasteiger partial charge < -0.3 is 15.1 Å². The van der Waals surface area contributed by atoms with Crippen molar-refractivity contribution >= 4 is 5.91 Å². The molecular weight excluding hydrogens is 198 g/mol. The van der Waals surface area contributed by atoms with Crippen LogP contribution in [0.1, 0.15) is 20.8 Å². The van der Waals surface area contributed by atoms with Crippen LogP contribution >= 0.6 is 0 Å². The minimum atomic E-state index is -0.982. The predicted molar refractivity (Wildman–Crippen MR) is 53.2 cm³/mol. The van der Waals surface area contributed by atoms with Gasteiger partial charge in [0, 0.05) is 13.1 Å². The fourth-order valence-electron chi connectivity index (χ4n) is 1.34. The molecule has 0 bridgehead atoms. The summed E-state index contributed by atoms with van der Waals surface area (Å²) in [5, 5.41) is 25.7. The molecule has 0 spiro atoms. The lowest BCUT2D eigenvalue weighted by Gasteiger charge is -2.26. The second kappa shape index (κ2) is 4.24. The van der Waals surface area contributed by atoms with Crippen molar-refractivity contribution in [3.05, 3.63) is 0 Å². The number of rotatable bonds is 5. The van der Waals surface area contributed by atoms with Crippen LogP contribution in [-0.4, -0.2) is 52.0 Å². The van der Waals surface area contributed by atoms with Crippen molar-refractivity contribution in [2.24, 2.45) is 10.2 Å². The van der Waals surface area contributed by atoms with Gasteiger partial charge in [0.05, 0.1) is 12.2 Å². The third kappa shape index (κ3) is 3.24. The van der Waals surface area contributed by atoms with E-state index in [2.05, 4.69) is 10.2 Å². The first kappa shape index (κ1) is 12.1. The number of nitrogens with zero attached hydrogens (tertiary/aromatic N) is 3.